The van der Waals surface area contributed by atoms with E-state index in [1.165, 1.54) is 16.8 Å². The van der Waals surface area contributed by atoms with E-state index in [-0.39, 0.29) is 24.1 Å². The molecule has 0 unspecified atom stereocenters. The van der Waals surface area contributed by atoms with E-state index in [0.717, 1.165) is 6.54 Å². The van der Waals surface area contributed by atoms with Gasteiger partial charge in [-0.2, -0.15) is 5.10 Å². The SMILES string of the molecule is COCCNCCNC(=O)c1ccn(-c2ccc(F)cc2)n1.Cl. The van der Waals surface area contributed by atoms with E-state index in [9.17, 15) is 9.18 Å². The molecule has 23 heavy (non-hydrogen) atoms. The van der Waals surface area contributed by atoms with Gasteiger partial charge >= 0.3 is 0 Å². The van der Waals surface area contributed by atoms with Crippen LogP contribution in [0.5, 0.6) is 0 Å². The Labute approximate surface area is 140 Å². The number of nitrogens with one attached hydrogen (secondary N) is 2. The average Bonchev–Trinajstić information content (AvgIpc) is 3.01. The Morgan fingerprint density at radius 1 is 1.22 bits per heavy atom. The quantitative estimate of drug-likeness (QED) is 0.712. The third-order valence-electron chi connectivity index (χ3n) is 2.98. The van der Waals surface area contributed by atoms with Gasteiger partial charge in [-0.05, 0) is 30.3 Å². The van der Waals surface area contributed by atoms with Crippen molar-refractivity contribution >= 4 is 18.3 Å². The van der Waals surface area contributed by atoms with Crippen molar-refractivity contribution in [2.75, 3.05) is 33.4 Å². The fourth-order valence-corrected chi connectivity index (χ4v) is 1.84. The Morgan fingerprint density at radius 2 is 1.96 bits per heavy atom. The summed E-state index contributed by atoms with van der Waals surface area (Å²) in [7, 11) is 1.64. The van der Waals surface area contributed by atoms with Gasteiger partial charge in [0.15, 0.2) is 5.69 Å². The second-order valence-electron chi connectivity index (χ2n) is 4.62. The van der Waals surface area contributed by atoms with Crippen LogP contribution in [0.4, 0.5) is 4.39 Å². The number of amides is 1. The summed E-state index contributed by atoms with van der Waals surface area (Å²) < 4.78 is 19.3. The van der Waals surface area contributed by atoms with Crippen molar-refractivity contribution in [2.24, 2.45) is 0 Å². The second kappa shape index (κ2) is 9.94. The predicted molar refractivity (Wildman–Crippen MR) is 87.8 cm³/mol. The lowest BCUT2D eigenvalue weighted by molar-refractivity contribution is 0.0948. The zero-order valence-electron chi connectivity index (χ0n) is 12.8. The van der Waals surface area contributed by atoms with Gasteiger partial charge in [0.05, 0.1) is 12.3 Å². The number of carbonyl (C=O) groups is 1. The zero-order chi connectivity index (χ0) is 15.8. The highest BCUT2D eigenvalue weighted by atomic mass is 35.5. The lowest BCUT2D eigenvalue weighted by Gasteiger charge is -2.05. The van der Waals surface area contributed by atoms with Gasteiger partial charge in [0, 0.05) is 32.9 Å². The van der Waals surface area contributed by atoms with Gasteiger partial charge in [-0.1, -0.05) is 0 Å². The highest BCUT2D eigenvalue weighted by Crippen LogP contribution is 2.08. The number of nitrogens with zero attached hydrogens (tertiary/aromatic N) is 2. The molecule has 0 aliphatic carbocycles. The summed E-state index contributed by atoms with van der Waals surface area (Å²) in [6.07, 6.45) is 1.67. The van der Waals surface area contributed by atoms with Crippen LogP contribution in [-0.2, 0) is 4.74 Å². The molecular weight excluding hydrogens is 323 g/mol. The van der Waals surface area contributed by atoms with Gasteiger partial charge in [-0.3, -0.25) is 4.79 Å². The van der Waals surface area contributed by atoms with Crippen molar-refractivity contribution in [3.8, 4) is 5.69 Å². The second-order valence-corrected chi connectivity index (χ2v) is 4.62. The fourth-order valence-electron chi connectivity index (χ4n) is 1.84. The van der Waals surface area contributed by atoms with Gasteiger partial charge in [-0.25, -0.2) is 9.07 Å². The number of halogens is 2. The number of benzene rings is 1. The summed E-state index contributed by atoms with van der Waals surface area (Å²) in [6.45, 7) is 2.54. The highest BCUT2D eigenvalue weighted by Gasteiger charge is 2.09. The van der Waals surface area contributed by atoms with Crippen LogP contribution in [0.15, 0.2) is 36.5 Å². The minimum atomic E-state index is -0.310. The van der Waals surface area contributed by atoms with E-state index in [1.54, 1.807) is 31.5 Å². The largest absolute Gasteiger partial charge is 0.383 e. The van der Waals surface area contributed by atoms with Crippen molar-refractivity contribution in [3.05, 3.63) is 48.0 Å². The maximum atomic E-state index is 12.9. The molecular formula is C15H20ClFN4O2. The molecule has 1 heterocycles. The molecule has 1 aromatic heterocycles. The Kier molecular flexibility index (Phi) is 8.25. The molecule has 0 aliphatic rings. The maximum Gasteiger partial charge on any atom is 0.271 e. The van der Waals surface area contributed by atoms with Gasteiger partial charge < -0.3 is 15.4 Å². The molecule has 0 aliphatic heterocycles. The molecule has 2 rings (SSSR count). The summed E-state index contributed by atoms with van der Waals surface area (Å²) in [6, 6.07) is 7.52. The van der Waals surface area contributed by atoms with Crippen LogP contribution in [0.1, 0.15) is 10.5 Å². The van der Waals surface area contributed by atoms with E-state index in [0.29, 0.717) is 31.1 Å². The van der Waals surface area contributed by atoms with Gasteiger partial charge in [0.1, 0.15) is 5.82 Å². The minimum Gasteiger partial charge on any atom is -0.383 e. The monoisotopic (exact) mass is 342 g/mol. The van der Waals surface area contributed by atoms with Crippen molar-refractivity contribution in [2.45, 2.75) is 0 Å². The Hall–Kier alpha value is -1.96. The van der Waals surface area contributed by atoms with Crippen LogP contribution >= 0.6 is 12.4 Å². The number of rotatable bonds is 8. The van der Waals surface area contributed by atoms with Crippen molar-refractivity contribution in [1.82, 2.24) is 20.4 Å². The summed E-state index contributed by atoms with van der Waals surface area (Å²) in [5.74, 6) is -0.552. The van der Waals surface area contributed by atoms with Crippen LogP contribution < -0.4 is 10.6 Å². The molecule has 0 spiro atoms. The number of aromatic nitrogens is 2. The summed E-state index contributed by atoms with van der Waals surface area (Å²) >= 11 is 0. The smallest absolute Gasteiger partial charge is 0.271 e. The predicted octanol–water partition coefficient (Wildman–Crippen LogP) is 1.40. The standard InChI is InChI=1S/C15H19FN4O2.ClH/c1-22-11-9-17-7-8-18-15(21)14-6-10-20(19-14)13-4-2-12(16)3-5-13;/h2-6,10,17H,7-9,11H2,1H3,(H,18,21);1H. The molecule has 1 amide bonds. The first-order valence-corrected chi connectivity index (χ1v) is 7.00. The fraction of sp³-hybridized carbons (Fsp3) is 0.333. The summed E-state index contributed by atoms with van der Waals surface area (Å²) in [5, 5.41) is 10.1. The van der Waals surface area contributed by atoms with Crippen LogP contribution in [-0.4, -0.2) is 49.0 Å². The van der Waals surface area contributed by atoms with Crippen LogP contribution in [0, 0.1) is 5.82 Å². The number of carbonyl (C=O) groups excluding carboxylic acids is 1. The molecule has 0 bridgehead atoms. The van der Waals surface area contributed by atoms with Gasteiger partial charge in [0.25, 0.3) is 5.91 Å². The number of ether oxygens (including phenoxy) is 1. The zero-order valence-corrected chi connectivity index (χ0v) is 13.6. The van der Waals surface area contributed by atoms with Crippen molar-refractivity contribution in [1.29, 1.82) is 0 Å². The average molecular weight is 343 g/mol. The molecule has 0 saturated carbocycles. The van der Waals surface area contributed by atoms with Crippen molar-refractivity contribution < 1.29 is 13.9 Å². The topological polar surface area (TPSA) is 68.2 Å². The van der Waals surface area contributed by atoms with E-state index >= 15 is 0 Å². The van der Waals surface area contributed by atoms with Crippen LogP contribution in [0.25, 0.3) is 5.69 Å². The number of hydrogen-bond donors (Lipinski definition) is 2. The first kappa shape index (κ1) is 19.1. The summed E-state index contributed by atoms with van der Waals surface area (Å²) in [5.41, 5.74) is 1.02. The molecule has 2 aromatic rings. The molecule has 0 radical (unpaired) electrons. The Morgan fingerprint density at radius 3 is 2.65 bits per heavy atom. The molecule has 126 valence electrons. The first-order chi connectivity index (χ1) is 10.7. The number of hydrogen-bond acceptors (Lipinski definition) is 4. The van der Waals surface area contributed by atoms with E-state index < -0.39 is 0 Å². The highest BCUT2D eigenvalue weighted by molar-refractivity contribution is 5.92. The molecule has 6 nitrogen and oxygen atoms in total. The normalized spacial score (nSPS) is 10.2. The number of methoxy groups -OCH3 is 1. The lowest BCUT2D eigenvalue weighted by Crippen LogP contribution is -2.33. The third-order valence-corrected chi connectivity index (χ3v) is 2.98. The Balaban J connectivity index is 0.00000264. The molecule has 0 saturated heterocycles. The first-order valence-electron chi connectivity index (χ1n) is 7.00. The lowest BCUT2D eigenvalue weighted by atomic mass is 10.3. The van der Waals surface area contributed by atoms with Gasteiger partial charge in [0.2, 0.25) is 0 Å². The van der Waals surface area contributed by atoms with Gasteiger partial charge in [-0.15, -0.1) is 12.4 Å². The Bertz CT molecular complexity index is 604. The van der Waals surface area contributed by atoms with Crippen LogP contribution in [0.2, 0.25) is 0 Å². The van der Waals surface area contributed by atoms with E-state index in [4.69, 9.17) is 4.74 Å². The van der Waals surface area contributed by atoms with E-state index in [2.05, 4.69) is 15.7 Å². The molecule has 0 atom stereocenters. The third kappa shape index (κ3) is 5.97. The molecule has 8 heteroatoms. The molecule has 0 fully saturated rings. The summed E-state index contributed by atoms with van der Waals surface area (Å²) in [4.78, 5) is 11.9. The minimum absolute atomic E-state index is 0. The molecule has 2 N–H and O–H groups in total. The maximum absolute atomic E-state index is 12.9. The van der Waals surface area contributed by atoms with E-state index in [1.807, 2.05) is 0 Å². The van der Waals surface area contributed by atoms with Crippen LogP contribution in [0.3, 0.4) is 0 Å². The molecule has 1 aromatic carbocycles. The van der Waals surface area contributed by atoms with Crippen molar-refractivity contribution in [3.63, 3.8) is 0 Å².